The van der Waals surface area contributed by atoms with Crippen LogP contribution >= 0.6 is 12.2 Å². The number of aliphatic imine (C=N–C) groups is 1. The number of hydrogen-bond acceptors (Lipinski definition) is 2. The van der Waals surface area contributed by atoms with Crippen LogP contribution in [0, 0.1) is 5.92 Å². The van der Waals surface area contributed by atoms with Crippen LogP contribution in [0.15, 0.2) is 17.3 Å². The van der Waals surface area contributed by atoms with Crippen LogP contribution in [0.4, 0.5) is 0 Å². The van der Waals surface area contributed by atoms with E-state index in [0.29, 0.717) is 5.92 Å². The number of rotatable bonds is 2. The van der Waals surface area contributed by atoms with Gasteiger partial charge in [0, 0.05) is 6.20 Å². The summed E-state index contributed by atoms with van der Waals surface area (Å²) in [5.74, 6) is 0.544. The zero-order chi connectivity index (χ0) is 6.41. The number of nitrogens with zero attached hydrogens (tertiary/aromatic N) is 1. The summed E-state index contributed by atoms with van der Waals surface area (Å²) in [7, 11) is 0. The Morgan fingerprint density at radius 2 is 2.25 bits per heavy atom. The van der Waals surface area contributed by atoms with Crippen molar-refractivity contribution < 1.29 is 0 Å². The molecule has 8 heavy (non-hydrogen) atoms. The molecule has 0 unspecified atom stereocenters. The van der Waals surface area contributed by atoms with Gasteiger partial charge in [-0.05, 0) is 18.1 Å². The fourth-order valence-corrected chi connectivity index (χ4v) is 0.306. The summed E-state index contributed by atoms with van der Waals surface area (Å²) in [5.41, 5.74) is 0. The van der Waals surface area contributed by atoms with Gasteiger partial charge in [0.2, 0.25) is 0 Å². The highest BCUT2D eigenvalue weighted by Gasteiger charge is 1.78. The number of thiocarbonyl (C=S) groups is 1. The smallest absolute Gasteiger partial charge is 0.0634 e. The fourth-order valence-electron chi connectivity index (χ4n) is 0.246. The van der Waals surface area contributed by atoms with Crippen LogP contribution in [-0.2, 0) is 0 Å². The van der Waals surface area contributed by atoms with Crippen LogP contribution in [0.25, 0.3) is 0 Å². The molecular formula is C6H9NS. The van der Waals surface area contributed by atoms with E-state index >= 15 is 0 Å². The molecule has 0 heterocycles. The van der Waals surface area contributed by atoms with Crippen molar-refractivity contribution in [3.63, 3.8) is 0 Å². The second-order valence-electron chi connectivity index (χ2n) is 1.81. The summed E-state index contributed by atoms with van der Waals surface area (Å²) in [6.45, 7) is 4.16. The molecule has 0 spiro atoms. The molecule has 0 saturated heterocycles. The standard InChI is InChI=1S/C6H9NS/c1-6(2)3-4-7-5-8/h3-4,6H,1-2H3/b4-3+. The molecule has 0 N–H and O–H groups in total. The van der Waals surface area contributed by atoms with Gasteiger partial charge >= 0.3 is 0 Å². The number of allylic oxidation sites excluding steroid dienone is 1. The molecule has 0 rings (SSSR count). The SMILES string of the molecule is CC(C)/C=C/N=C=S. The third kappa shape index (κ3) is 5.54. The first-order valence-electron chi connectivity index (χ1n) is 2.51. The first kappa shape index (κ1) is 7.54. The number of hydrogen-bond donors (Lipinski definition) is 0. The van der Waals surface area contributed by atoms with Gasteiger partial charge in [-0.15, -0.1) is 0 Å². The molecule has 0 aliphatic rings. The van der Waals surface area contributed by atoms with Crippen molar-refractivity contribution in [2.75, 3.05) is 0 Å². The zero-order valence-corrected chi connectivity index (χ0v) is 5.90. The molecule has 0 atom stereocenters. The lowest BCUT2D eigenvalue weighted by atomic mass is 10.2. The molecule has 0 bridgehead atoms. The molecule has 44 valence electrons. The van der Waals surface area contributed by atoms with Gasteiger partial charge in [0.25, 0.3) is 0 Å². The van der Waals surface area contributed by atoms with E-state index in [0.717, 1.165) is 0 Å². The van der Waals surface area contributed by atoms with Crippen molar-refractivity contribution in [1.82, 2.24) is 0 Å². The molecule has 0 aromatic heterocycles. The van der Waals surface area contributed by atoms with Crippen LogP contribution in [-0.4, -0.2) is 5.16 Å². The Labute approximate surface area is 55.1 Å². The van der Waals surface area contributed by atoms with Crippen LogP contribution < -0.4 is 0 Å². The molecule has 0 aromatic carbocycles. The average Bonchev–Trinajstić information content (AvgIpc) is 1.66. The van der Waals surface area contributed by atoms with Crippen LogP contribution in [0.1, 0.15) is 13.8 Å². The van der Waals surface area contributed by atoms with E-state index < -0.39 is 0 Å². The topological polar surface area (TPSA) is 12.4 Å². The van der Waals surface area contributed by atoms with Gasteiger partial charge in [0.15, 0.2) is 0 Å². The van der Waals surface area contributed by atoms with E-state index in [-0.39, 0.29) is 0 Å². The second-order valence-corrected chi connectivity index (χ2v) is 1.99. The quantitative estimate of drug-likeness (QED) is 0.409. The third-order valence-corrected chi connectivity index (χ3v) is 0.704. The van der Waals surface area contributed by atoms with Gasteiger partial charge in [0.05, 0.1) is 5.16 Å². The Kier molecular flexibility index (Phi) is 4.42. The van der Waals surface area contributed by atoms with E-state index in [9.17, 15) is 0 Å². The Hall–Kier alpha value is -0.460. The van der Waals surface area contributed by atoms with Gasteiger partial charge in [-0.25, -0.2) is 4.99 Å². The predicted molar refractivity (Wildman–Crippen MR) is 39.0 cm³/mol. The summed E-state index contributed by atoms with van der Waals surface area (Å²) in [5, 5.41) is 2.24. The normalized spacial score (nSPS) is 9.88. The van der Waals surface area contributed by atoms with Crippen molar-refractivity contribution in [3.05, 3.63) is 12.3 Å². The molecule has 0 amide bonds. The Balaban J connectivity index is 3.49. The highest BCUT2D eigenvalue weighted by molar-refractivity contribution is 7.78. The van der Waals surface area contributed by atoms with Crippen molar-refractivity contribution in [3.8, 4) is 0 Å². The Bertz CT molecular complexity index is 120. The van der Waals surface area contributed by atoms with Gasteiger partial charge < -0.3 is 0 Å². The summed E-state index contributed by atoms with van der Waals surface area (Å²) < 4.78 is 0. The lowest BCUT2D eigenvalue weighted by molar-refractivity contribution is 0.829. The van der Waals surface area contributed by atoms with Gasteiger partial charge in [0.1, 0.15) is 0 Å². The first-order valence-corrected chi connectivity index (χ1v) is 2.92. The molecule has 0 aromatic rings. The maximum atomic E-state index is 4.34. The first-order chi connectivity index (χ1) is 3.77. The minimum absolute atomic E-state index is 0.544. The molecular weight excluding hydrogens is 118 g/mol. The van der Waals surface area contributed by atoms with Crippen molar-refractivity contribution >= 4 is 17.4 Å². The second kappa shape index (κ2) is 4.69. The van der Waals surface area contributed by atoms with Gasteiger partial charge in [-0.3, -0.25) is 0 Å². The maximum Gasteiger partial charge on any atom is 0.0634 e. The van der Waals surface area contributed by atoms with Crippen LogP contribution in [0.3, 0.4) is 0 Å². The molecule has 2 heteroatoms. The minimum Gasteiger partial charge on any atom is -0.203 e. The monoisotopic (exact) mass is 127 g/mol. The molecule has 0 aliphatic heterocycles. The summed E-state index contributed by atoms with van der Waals surface area (Å²) in [6, 6.07) is 0. The predicted octanol–water partition coefficient (Wildman–Crippen LogP) is 2.26. The number of isothiocyanates is 1. The summed E-state index contributed by atoms with van der Waals surface area (Å²) in [6.07, 6.45) is 3.62. The van der Waals surface area contributed by atoms with E-state index in [1.807, 2.05) is 6.08 Å². The Morgan fingerprint density at radius 3 is 2.62 bits per heavy atom. The molecule has 1 nitrogen and oxygen atoms in total. The van der Waals surface area contributed by atoms with E-state index in [1.165, 1.54) is 0 Å². The van der Waals surface area contributed by atoms with Crippen LogP contribution in [0.5, 0.6) is 0 Å². The van der Waals surface area contributed by atoms with E-state index in [4.69, 9.17) is 0 Å². The Morgan fingerprint density at radius 1 is 1.62 bits per heavy atom. The van der Waals surface area contributed by atoms with E-state index in [1.54, 1.807) is 6.20 Å². The molecule has 0 saturated carbocycles. The maximum absolute atomic E-state index is 4.34. The summed E-state index contributed by atoms with van der Waals surface area (Å²) in [4.78, 5) is 3.60. The zero-order valence-electron chi connectivity index (χ0n) is 5.09. The fraction of sp³-hybridized carbons (Fsp3) is 0.500. The van der Waals surface area contributed by atoms with Crippen LogP contribution in [0.2, 0.25) is 0 Å². The lowest BCUT2D eigenvalue weighted by Crippen LogP contribution is -1.74. The average molecular weight is 127 g/mol. The molecule has 0 radical (unpaired) electrons. The summed E-state index contributed by atoms with van der Waals surface area (Å²) >= 11 is 4.34. The third-order valence-electron chi connectivity index (χ3n) is 0.598. The van der Waals surface area contributed by atoms with Crippen molar-refractivity contribution in [2.24, 2.45) is 10.9 Å². The molecule has 0 fully saturated rings. The highest BCUT2D eigenvalue weighted by atomic mass is 32.1. The lowest BCUT2D eigenvalue weighted by Gasteiger charge is -1.86. The molecule has 0 aliphatic carbocycles. The van der Waals surface area contributed by atoms with E-state index in [2.05, 4.69) is 36.2 Å². The minimum atomic E-state index is 0.544. The largest absolute Gasteiger partial charge is 0.203 e. The van der Waals surface area contributed by atoms with Crippen molar-refractivity contribution in [1.29, 1.82) is 0 Å². The van der Waals surface area contributed by atoms with Crippen molar-refractivity contribution in [2.45, 2.75) is 13.8 Å². The van der Waals surface area contributed by atoms with Gasteiger partial charge in [-0.2, -0.15) is 0 Å². The highest BCUT2D eigenvalue weighted by Crippen LogP contribution is 1.91. The van der Waals surface area contributed by atoms with Gasteiger partial charge in [-0.1, -0.05) is 19.9 Å².